The fourth-order valence-electron chi connectivity index (χ4n) is 2.14. The lowest BCUT2D eigenvalue weighted by molar-refractivity contribution is 0.570. The Morgan fingerprint density at radius 3 is 2.56 bits per heavy atom. The summed E-state index contributed by atoms with van der Waals surface area (Å²) in [5.74, 6) is 0. The molecule has 0 spiro atoms. The van der Waals surface area contributed by atoms with E-state index in [1.54, 1.807) is 11.3 Å². The Kier molecular flexibility index (Phi) is 4.15. The summed E-state index contributed by atoms with van der Waals surface area (Å²) >= 11 is 1.70. The van der Waals surface area contributed by atoms with Gasteiger partial charge >= 0.3 is 0 Å². The molecule has 1 heterocycles. The van der Waals surface area contributed by atoms with Crippen molar-refractivity contribution in [2.24, 2.45) is 0 Å². The van der Waals surface area contributed by atoms with E-state index >= 15 is 0 Å². The van der Waals surface area contributed by atoms with Crippen molar-refractivity contribution in [3.63, 3.8) is 0 Å². The molecule has 0 radical (unpaired) electrons. The summed E-state index contributed by atoms with van der Waals surface area (Å²) in [6.45, 7) is 9.57. The lowest BCUT2D eigenvalue weighted by Crippen LogP contribution is -2.19. The van der Waals surface area contributed by atoms with E-state index in [0.717, 1.165) is 11.6 Å². The summed E-state index contributed by atoms with van der Waals surface area (Å²) in [5.41, 5.74) is 5.47. The van der Waals surface area contributed by atoms with Crippen LogP contribution in [0.15, 0.2) is 23.7 Å². The van der Waals surface area contributed by atoms with Gasteiger partial charge in [0, 0.05) is 24.2 Å². The van der Waals surface area contributed by atoms with Crippen LogP contribution in [-0.4, -0.2) is 4.98 Å². The number of hydrogen-bond acceptors (Lipinski definition) is 3. The topological polar surface area (TPSA) is 24.9 Å². The molecule has 0 fully saturated rings. The first-order chi connectivity index (χ1) is 8.58. The van der Waals surface area contributed by atoms with Gasteiger partial charge in [0.15, 0.2) is 0 Å². The van der Waals surface area contributed by atoms with Crippen molar-refractivity contribution in [3.8, 4) is 0 Å². The van der Waals surface area contributed by atoms with Crippen molar-refractivity contribution < 1.29 is 0 Å². The van der Waals surface area contributed by atoms with Gasteiger partial charge in [-0.1, -0.05) is 12.1 Å². The first kappa shape index (κ1) is 13.2. The maximum Gasteiger partial charge on any atom is 0.106 e. The van der Waals surface area contributed by atoms with Crippen LogP contribution >= 0.6 is 11.3 Å². The molecule has 0 aliphatic carbocycles. The highest BCUT2D eigenvalue weighted by atomic mass is 32.1. The zero-order valence-electron chi connectivity index (χ0n) is 11.4. The van der Waals surface area contributed by atoms with E-state index in [1.807, 2.05) is 11.6 Å². The van der Waals surface area contributed by atoms with Gasteiger partial charge in [-0.2, -0.15) is 0 Å². The van der Waals surface area contributed by atoms with Crippen molar-refractivity contribution in [3.05, 3.63) is 51.0 Å². The van der Waals surface area contributed by atoms with Crippen LogP contribution in [0.1, 0.15) is 40.2 Å². The smallest absolute Gasteiger partial charge is 0.106 e. The van der Waals surface area contributed by atoms with Crippen molar-refractivity contribution in [2.75, 3.05) is 0 Å². The second kappa shape index (κ2) is 5.63. The largest absolute Gasteiger partial charge is 0.304 e. The van der Waals surface area contributed by atoms with Crippen LogP contribution in [0.25, 0.3) is 0 Å². The Balaban J connectivity index is 2.09. The molecular weight excluding hydrogens is 240 g/mol. The summed E-state index contributed by atoms with van der Waals surface area (Å²) < 4.78 is 0. The van der Waals surface area contributed by atoms with Gasteiger partial charge in [0.2, 0.25) is 0 Å². The third kappa shape index (κ3) is 2.98. The van der Waals surface area contributed by atoms with Gasteiger partial charge in [0.05, 0.1) is 0 Å². The maximum absolute atomic E-state index is 4.29. The molecular formula is C15H20N2S. The molecule has 1 atom stereocenters. The third-order valence-electron chi connectivity index (χ3n) is 3.39. The number of thiazole rings is 1. The van der Waals surface area contributed by atoms with Crippen LogP contribution in [-0.2, 0) is 6.54 Å². The van der Waals surface area contributed by atoms with Gasteiger partial charge in [-0.15, -0.1) is 11.3 Å². The number of aromatic nitrogens is 1. The van der Waals surface area contributed by atoms with Gasteiger partial charge in [-0.05, 0) is 49.9 Å². The van der Waals surface area contributed by atoms with Gasteiger partial charge in [0.1, 0.15) is 5.01 Å². The predicted molar refractivity (Wildman–Crippen MR) is 78.0 cm³/mol. The molecule has 1 aromatic heterocycles. The molecule has 3 heteroatoms. The van der Waals surface area contributed by atoms with Crippen molar-refractivity contribution in [2.45, 2.75) is 40.3 Å². The molecule has 2 aromatic rings. The van der Waals surface area contributed by atoms with Gasteiger partial charge < -0.3 is 5.32 Å². The number of rotatable bonds is 4. The summed E-state index contributed by atoms with van der Waals surface area (Å²) in [6.07, 6.45) is 1.85. The monoisotopic (exact) mass is 260 g/mol. The maximum atomic E-state index is 4.29. The molecule has 0 bridgehead atoms. The minimum atomic E-state index is 0.355. The second-order valence-corrected chi connectivity index (χ2v) is 5.80. The van der Waals surface area contributed by atoms with Crippen molar-refractivity contribution >= 4 is 11.3 Å². The Bertz CT molecular complexity index is 518. The van der Waals surface area contributed by atoms with Crippen molar-refractivity contribution in [1.29, 1.82) is 0 Å². The standard InChI is InChI=1S/C15H20N2S/c1-10-7-12(3)14(8-11(10)2)13(4)17-9-15-16-5-6-18-15/h5-8,13,17H,9H2,1-4H3. The van der Waals surface area contributed by atoms with Crippen LogP contribution < -0.4 is 5.32 Å². The molecule has 1 N–H and O–H groups in total. The van der Waals surface area contributed by atoms with E-state index in [1.165, 1.54) is 22.3 Å². The highest BCUT2D eigenvalue weighted by Gasteiger charge is 2.10. The van der Waals surface area contributed by atoms with Gasteiger partial charge in [-0.25, -0.2) is 4.98 Å². The molecule has 1 aromatic carbocycles. The lowest BCUT2D eigenvalue weighted by Gasteiger charge is -2.17. The van der Waals surface area contributed by atoms with Crippen LogP contribution in [0.3, 0.4) is 0 Å². The predicted octanol–water partition coefficient (Wildman–Crippen LogP) is 3.92. The zero-order chi connectivity index (χ0) is 13.1. The van der Waals surface area contributed by atoms with E-state index < -0.39 is 0 Å². The fourth-order valence-corrected chi connectivity index (χ4v) is 2.71. The molecule has 0 aliphatic rings. The van der Waals surface area contributed by atoms with Crippen LogP contribution in [0, 0.1) is 20.8 Å². The van der Waals surface area contributed by atoms with Crippen LogP contribution in [0.5, 0.6) is 0 Å². The van der Waals surface area contributed by atoms with E-state index in [0.29, 0.717) is 6.04 Å². The molecule has 0 aliphatic heterocycles. The third-order valence-corrected chi connectivity index (χ3v) is 4.17. The normalized spacial score (nSPS) is 12.7. The Labute approximate surface area is 113 Å². The first-order valence-corrected chi connectivity index (χ1v) is 7.15. The number of nitrogens with zero attached hydrogens (tertiary/aromatic N) is 1. The van der Waals surface area contributed by atoms with Crippen molar-refractivity contribution in [1.82, 2.24) is 10.3 Å². The van der Waals surface area contributed by atoms with E-state index in [9.17, 15) is 0 Å². The molecule has 2 nitrogen and oxygen atoms in total. The second-order valence-electron chi connectivity index (χ2n) is 4.82. The minimum Gasteiger partial charge on any atom is -0.304 e. The average Bonchev–Trinajstić information content (AvgIpc) is 2.84. The quantitative estimate of drug-likeness (QED) is 0.901. The van der Waals surface area contributed by atoms with Crippen LogP contribution in [0.2, 0.25) is 0 Å². The SMILES string of the molecule is Cc1cc(C)c(C(C)NCc2nccs2)cc1C. The summed E-state index contributed by atoms with van der Waals surface area (Å²) in [5, 5.41) is 6.70. The molecule has 0 saturated carbocycles. The number of benzene rings is 1. The molecule has 0 saturated heterocycles. The van der Waals surface area contributed by atoms with Gasteiger partial charge in [-0.3, -0.25) is 0 Å². The molecule has 1 unspecified atom stereocenters. The molecule has 2 rings (SSSR count). The highest BCUT2D eigenvalue weighted by Crippen LogP contribution is 2.22. The average molecular weight is 260 g/mol. The van der Waals surface area contributed by atoms with E-state index in [2.05, 4.69) is 50.1 Å². The Hall–Kier alpha value is -1.19. The molecule has 0 amide bonds. The highest BCUT2D eigenvalue weighted by molar-refractivity contribution is 7.09. The summed E-state index contributed by atoms with van der Waals surface area (Å²) in [4.78, 5) is 4.29. The first-order valence-electron chi connectivity index (χ1n) is 6.27. The summed E-state index contributed by atoms with van der Waals surface area (Å²) in [6, 6.07) is 4.92. The number of aryl methyl sites for hydroxylation is 3. The fraction of sp³-hybridized carbons (Fsp3) is 0.400. The summed E-state index contributed by atoms with van der Waals surface area (Å²) in [7, 11) is 0. The van der Waals surface area contributed by atoms with Gasteiger partial charge in [0.25, 0.3) is 0 Å². The number of nitrogens with one attached hydrogen (secondary N) is 1. The minimum absolute atomic E-state index is 0.355. The lowest BCUT2D eigenvalue weighted by atomic mass is 9.96. The van der Waals surface area contributed by atoms with E-state index in [-0.39, 0.29) is 0 Å². The van der Waals surface area contributed by atoms with Crippen LogP contribution in [0.4, 0.5) is 0 Å². The zero-order valence-corrected chi connectivity index (χ0v) is 12.3. The number of hydrogen-bond donors (Lipinski definition) is 1. The molecule has 96 valence electrons. The molecule has 18 heavy (non-hydrogen) atoms. The van der Waals surface area contributed by atoms with E-state index in [4.69, 9.17) is 0 Å². The Morgan fingerprint density at radius 1 is 1.17 bits per heavy atom. The Morgan fingerprint density at radius 2 is 1.89 bits per heavy atom.